The lowest BCUT2D eigenvalue weighted by Crippen LogP contribution is -2.77. The summed E-state index contributed by atoms with van der Waals surface area (Å²) in [5.41, 5.74) is 0.512. The molecular formula is C27H34ClNO5. The minimum absolute atomic E-state index is 0. The lowest BCUT2D eigenvalue weighted by molar-refractivity contribution is -0.209. The fraction of sp³-hybridized carbons (Fsp3) is 0.593. The maximum atomic E-state index is 12.4. The number of allylic oxidation sites excluding steroid dienone is 3. The highest BCUT2D eigenvalue weighted by molar-refractivity contribution is 5.85. The minimum atomic E-state index is -0.953. The molecule has 1 aromatic rings. The van der Waals surface area contributed by atoms with E-state index in [1.54, 1.807) is 12.2 Å². The van der Waals surface area contributed by atoms with Gasteiger partial charge in [0.15, 0.2) is 11.5 Å². The number of esters is 1. The zero-order valence-corrected chi connectivity index (χ0v) is 20.4. The van der Waals surface area contributed by atoms with Crippen LogP contribution in [0.25, 0.3) is 0 Å². The van der Waals surface area contributed by atoms with Gasteiger partial charge in [-0.15, -0.1) is 12.4 Å². The molecule has 3 fully saturated rings. The number of rotatable bonds is 5. The lowest BCUT2D eigenvalue weighted by Gasteiger charge is -2.64. The molecule has 2 bridgehead atoms. The summed E-state index contributed by atoms with van der Waals surface area (Å²) in [7, 11) is 0. The van der Waals surface area contributed by atoms with E-state index in [2.05, 4.69) is 4.90 Å². The molecule has 1 aromatic carbocycles. The molecule has 184 valence electrons. The number of hydrogen-bond acceptors (Lipinski definition) is 6. The van der Waals surface area contributed by atoms with Gasteiger partial charge < -0.3 is 19.7 Å². The second-order valence-corrected chi connectivity index (χ2v) is 10.5. The lowest BCUT2D eigenvalue weighted by atomic mass is 9.48. The third kappa shape index (κ3) is 3.22. The molecule has 5 unspecified atom stereocenters. The molecule has 1 saturated heterocycles. The molecule has 6 rings (SSSR count). The van der Waals surface area contributed by atoms with Crippen LogP contribution in [0.3, 0.4) is 0 Å². The van der Waals surface area contributed by atoms with Crippen LogP contribution in [0, 0.1) is 5.92 Å². The Bertz CT molecular complexity index is 1040. The zero-order chi connectivity index (χ0) is 22.8. The van der Waals surface area contributed by atoms with Crippen molar-refractivity contribution in [1.29, 1.82) is 0 Å². The normalized spacial score (nSPS) is 36.0. The first-order chi connectivity index (χ1) is 16.0. The van der Waals surface area contributed by atoms with Crippen LogP contribution >= 0.6 is 12.4 Å². The summed E-state index contributed by atoms with van der Waals surface area (Å²) in [5.74, 6) is 1.18. The number of likely N-dealkylation sites (tertiary alicyclic amines) is 1. The Balaban J connectivity index is 0.00000241. The van der Waals surface area contributed by atoms with Crippen LogP contribution in [0.4, 0.5) is 0 Å². The van der Waals surface area contributed by atoms with Crippen LogP contribution in [0.15, 0.2) is 36.4 Å². The number of hydrogen-bond donors (Lipinski definition) is 2. The van der Waals surface area contributed by atoms with Crippen molar-refractivity contribution in [1.82, 2.24) is 4.90 Å². The van der Waals surface area contributed by atoms with Gasteiger partial charge in [0.05, 0.1) is 17.1 Å². The number of piperidine rings is 1. The van der Waals surface area contributed by atoms with Gasteiger partial charge in [-0.05, 0) is 69.5 Å². The summed E-state index contributed by atoms with van der Waals surface area (Å²) in [4.78, 5) is 14.9. The smallest absolute Gasteiger partial charge is 0.336 e. The first-order valence-corrected chi connectivity index (χ1v) is 12.5. The minimum Gasteiger partial charge on any atom is -0.482 e. The summed E-state index contributed by atoms with van der Waals surface area (Å²) in [6.45, 7) is 3.82. The van der Waals surface area contributed by atoms with Gasteiger partial charge >= 0.3 is 5.97 Å². The standard InChI is InChI=1S/C27H33NO5.ClH/c1-2-3-4-8-22(30)32-20-10-9-18-15-21-27(31)12-11-19(29)25-26(27,23(18)24(20)33-25)13-14-28(21)16-17-6-5-7-17;/h2-4,8-10,17,19,21,25,29,31H,5-7,11-16H2,1H3;1H/b3-2+,8-4+;. The molecule has 1 spiro atoms. The monoisotopic (exact) mass is 487 g/mol. The van der Waals surface area contributed by atoms with Crippen LogP contribution < -0.4 is 9.47 Å². The molecule has 6 nitrogen and oxygen atoms in total. The summed E-state index contributed by atoms with van der Waals surface area (Å²) < 4.78 is 12.1. The highest BCUT2D eigenvalue weighted by Crippen LogP contribution is 2.65. The summed E-state index contributed by atoms with van der Waals surface area (Å²) in [6, 6.07) is 3.87. The van der Waals surface area contributed by atoms with E-state index in [0.29, 0.717) is 24.3 Å². The van der Waals surface area contributed by atoms with Crippen molar-refractivity contribution in [2.24, 2.45) is 5.92 Å². The Morgan fingerprint density at radius 2 is 2.09 bits per heavy atom. The highest BCUT2D eigenvalue weighted by Gasteiger charge is 2.73. The molecule has 0 radical (unpaired) electrons. The van der Waals surface area contributed by atoms with E-state index in [1.807, 2.05) is 25.1 Å². The molecule has 5 atom stereocenters. The van der Waals surface area contributed by atoms with Crippen LogP contribution in [0.1, 0.15) is 56.6 Å². The van der Waals surface area contributed by atoms with E-state index in [0.717, 1.165) is 43.0 Å². The van der Waals surface area contributed by atoms with E-state index in [1.165, 1.54) is 25.3 Å². The van der Waals surface area contributed by atoms with Crippen LogP contribution in [0.5, 0.6) is 11.5 Å². The molecule has 0 amide bonds. The van der Waals surface area contributed by atoms with Gasteiger partial charge in [0, 0.05) is 24.2 Å². The van der Waals surface area contributed by atoms with Crippen LogP contribution in [-0.4, -0.2) is 58.0 Å². The Kier molecular flexibility index (Phi) is 6.08. The number of nitrogens with zero attached hydrogens (tertiary/aromatic N) is 1. The van der Waals surface area contributed by atoms with E-state index in [4.69, 9.17) is 9.47 Å². The number of carbonyl (C=O) groups excluding carboxylic acids is 1. The van der Waals surface area contributed by atoms with E-state index in [-0.39, 0.29) is 18.4 Å². The molecule has 34 heavy (non-hydrogen) atoms. The predicted molar refractivity (Wildman–Crippen MR) is 131 cm³/mol. The van der Waals surface area contributed by atoms with Crippen molar-refractivity contribution < 1.29 is 24.5 Å². The quantitative estimate of drug-likeness (QED) is 0.286. The van der Waals surface area contributed by atoms with Gasteiger partial charge in [-0.2, -0.15) is 0 Å². The van der Waals surface area contributed by atoms with Gasteiger partial charge in [0.1, 0.15) is 6.10 Å². The van der Waals surface area contributed by atoms with Crippen LogP contribution in [-0.2, 0) is 16.6 Å². The molecule has 2 saturated carbocycles. The zero-order valence-electron chi connectivity index (χ0n) is 19.6. The third-order valence-electron chi connectivity index (χ3n) is 8.99. The Morgan fingerprint density at radius 1 is 1.26 bits per heavy atom. The van der Waals surface area contributed by atoms with Crippen molar-refractivity contribution in [3.63, 3.8) is 0 Å². The third-order valence-corrected chi connectivity index (χ3v) is 8.99. The number of benzene rings is 1. The van der Waals surface area contributed by atoms with Crippen molar-refractivity contribution >= 4 is 18.4 Å². The first kappa shape index (κ1) is 23.9. The molecule has 0 aromatic heterocycles. The molecule has 5 aliphatic rings. The SMILES string of the molecule is C/C=C/C=C/C(=O)Oc1ccc2c3c1OC1C(O)CCC4(O)C(C2)N(CC2CCC2)CCC314.Cl. The summed E-state index contributed by atoms with van der Waals surface area (Å²) in [5, 5.41) is 23.4. The molecule has 2 heterocycles. The van der Waals surface area contributed by atoms with E-state index in [9.17, 15) is 15.0 Å². The topological polar surface area (TPSA) is 79.2 Å². The number of aliphatic hydroxyl groups excluding tert-OH is 1. The van der Waals surface area contributed by atoms with Crippen LogP contribution in [0.2, 0.25) is 0 Å². The number of ether oxygens (including phenoxy) is 2. The largest absolute Gasteiger partial charge is 0.482 e. The number of aliphatic hydroxyl groups is 2. The maximum absolute atomic E-state index is 12.4. The second kappa shape index (κ2) is 8.66. The van der Waals surface area contributed by atoms with Gasteiger partial charge in [-0.25, -0.2) is 4.79 Å². The van der Waals surface area contributed by atoms with Crippen molar-refractivity contribution in [2.45, 2.75) is 81.1 Å². The molecule has 3 aliphatic carbocycles. The van der Waals surface area contributed by atoms with Gasteiger partial charge in [0.2, 0.25) is 0 Å². The molecular weight excluding hydrogens is 454 g/mol. The average molecular weight is 488 g/mol. The average Bonchev–Trinajstić information content (AvgIpc) is 3.12. The maximum Gasteiger partial charge on any atom is 0.336 e. The molecule has 2 aliphatic heterocycles. The predicted octanol–water partition coefficient (Wildman–Crippen LogP) is 3.46. The Morgan fingerprint density at radius 3 is 2.82 bits per heavy atom. The Hall–Kier alpha value is -1.86. The van der Waals surface area contributed by atoms with Crippen molar-refractivity contribution in [3.05, 3.63) is 47.6 Å². The fourth-order valence-corrected chi connectivity index (χ4v) is 7.29. The van der Waals surface area contributed by atoms with Gasteiger partial charge in [-0.1, -0.05) is 30.7 Å². The van der Waals surface area contributed by atoms with E-state index < -0.39 is 29.2 Å². The molecule has 7 heteroatoms. The van der Waals surface area contributed by atoms with Crippen molar-refractivity contribution in [3.8, 4) is 11.5 Å². The van der Waals surface area contributed by atoms with Gasteiger partial charge in [-0.3, -0.25) is 4.90 Å². The fourth-order valence-electron chi connectivity index (χ4n) is 7.29. The summed E-state index contributed by atoms with van der Waals surface area (Å²) >= 11 is 0. The number of carbonyl (C=O) groups is 1. The van der Waals surface area contributed by atoms with E-state index >= 15 is 0 Å². The number of halogens is 1. The van der Waals surface area contributed by atoms with Crippen molar-refractivity contribution in [2.75, 3.05) is 13.1 Å². The second-order valence-electron chi connectivity index (χ2n) is 10.5. The first-order valence-electron chi connectivity index (χ1n) is 12.5. The summed E-state index contributed by atoms with van der Waals surface area (Å²) in [6.07, 6.45) is 11.9. The van der Waals surface area contributed by atoms with Gasteiger partial charge in [0.25, 0.3) is 0 Å². The highest BCUT2D eigenvalue weighted by atomic mass is 35.5. The molecule has 2 N–H and O–H groups in total. The Labute approximate surface area is 207 Å².